The van der Waals surface area contributed by atoms with Crippen molar-refractivity contribution in [1.82, 2.24) is 0 Å². The van der Waals surface area contributed by atoms with Gasteiger partial charge in [-0.3, -0.25) is 0 Å². The molecule has 0 saturated heterocycles. The Morgan fingerprint density at radius 2 is 2.00 bits per heavy atom. The highest BCUT2D eigenvalue weighted by molar-refractivity contribution is 5.26. The van der Waals surface area contributed by atoms with Crippen molar-refractivity contribution in [3.8, 4) is 0 Å². The van der Waals surface area contributed by atoms with Crippen LogP contribution in [0.5, 0.6) is 0 Å². The van der Waals surface area contributed by atoms with Crippen LogP contribution in [0.15, 0.2) is 35.7 Å². The molecule has 2 heteroatoms. The number of alkyl halides is 1. The van der Waals surface area contributed by atoms with Crippen molar-refractivity contribution < 1.29 is 8.78 Å². The zero-order valence-electron chi connectivity index (χ0n) is 6.82. The van der Waals surface area contributed by atoms with Gasteiger partial charge in [-0.1, -0.05) is 12.7 Å². The van der Waals surface area contributed by atoms with Crippen molar-refractivity contribution >= 4 is 0 Å². The molecule has 0 amide bonds. The Kier molecular flexibility index (Phi) is 4.42. The molecule has 62 valence electrons. The largest absolute Gasteiger partial charge is 0.246 e. The molecule has 0 rings (SSSR count). The molecule has 0 heterocycles. The fraction of sp³-hybridized carbons (Fsp3) is 0.333. The van der Waals surface area contributed by atoms with E-state index >= 15 is 0 Å². The summed E-state index contributed by atoms with van der Waals surface area (Å²) >= 11 is 0. The van der Waals surface area contributed by atoms with Crippen LogP contribution >= 0.6 is 0 Å². The van der Waals surface area contributed by atoms with Gasteiger partial charge in [0.1, 0.15) is 12.5 Å². The van der Waals surface area contributed by atoms with Gasteiger partial charge in [0.25, 0.3) is 0 Å². The maximum absolute atomic E-state index is 12.7. The molecule has 0 spiro atoms. The SMILES string of the molecule is C=C/C(C)=C\C(F)=C(\C)CF. The van der Waals surface area contributed by atoms with Crippen molar-refractivity contribution in [3.63, 3.8) is 0 Å². The zero-order chi connectivity index (χ0) is 8.85. The molecule has 0 atom stereocenters. The first kappa shape index (κ1) is 10.1. The van der Waals surface area contributed by atoms with E-state index in [4.69, 9.17) is 0 Å². The first-order valence-electron chi connectivity index (χ1n) is 3.33. The monoisotopic (exact) mass is 158 g/mol. The average molecular weight is 158 g/mol. The van der Waals surface area contributed by atoms with E-state index in [9.17, 15) is 8.78 Å². The molecule has 0 N–H and O–H groups in total. The molecule has 0 nitrogen and oxygen atoms in total. The third-order valence-electron chi connectivity index (χ3n) is 1.28. The number of rotatable bonds is 3. The number of hydrogen-bond acceptors (Lipinski definition) is 0. The molecule has 0 bridgehead atoms. The second-order valence-electron chi connectivity index (χ2n) is 2.35. The van der Waals surface area contributed by atoms with Gasteiger partial charge in [0.2, 0.25) is 0 Å². The smallest absolute Gasteiger partial charge is 0.124 e. The highest BCUT2D eigenvalue weighted by Crippen LogP contribution is 2.10. The summed E-state index contributed by atoms with van der Waals surface area (Å²) in [5.41, 5.74) is 0.807. The maximum atomic E-state index is 12.7. The Morgan fingerprint density at radius 1 is 1.45 bits per heavy atom. The van der Waals surface area contributed by atoms with Gasteiger partial charge in [0.15, 0.2) is 0 Å². The van der Waals surface area contributed by atoms with E-state index in [2.05, 4.69) is 6.58 Å². The summed E-state index contributed by atoms with van der Waals surface area (Å²) in [5.74, 6) is -0.509. The van der Waals surface area contributed by atoms with Crippen molar-refractivity contribution in [2.45, 2.75) is 13.8 Å². The summed E-state index contributed by atoms with van der Waals surface area (Å²) in [7, 11) is 0. The van der Waals surface area contributed by atoms with Crippen LogP contribution in [0.3, 0.4) is 0 Å². The molecular formula is C9H12F2. The summed E-state index contributed by atoms with van der Waals surface area (Å²) < 4.78 is 24.6. The molecule has 0 aliphatic heterocycles. The Labute approximate surface area is 65.9 Å². The molecule has 0 aliphatic carbocycles. The van der Waals surface area contributed by atoms with Gasteiger partial charge in [-0.05, 0) is 31.1 Å². The molecule has 0 aromatic rings. The summed E-state index contributed by atoms with van der Waals surface area (Å²) in [5, 5.41) is 0. The van der Waals surface area contributed by atoms with Crippen LogP contribution < -0.4 is 0 Å². The topological polar surface area (TPSA) is 0 Å². The number of hydrogen-bond donors (Lipinski definition) is 0. The standard InChI is InChI=1S/C9H12F2/c1-4-7(2)5-9(11)8(3)6-10/h4-5H,1,6H2,2-3H3/b7-5-,9-8+. The Hall–Kier alpha value is -0.920. The van der Waals surface area contributed by atoms with E-state index < -0.39 is 12.5 Å². The van der Waals surface area contributed by atoms with E-state index in [1.54, 1.807) is 6.92 Å². The minimum Gasteiger partial charge on any atom is -0.246 e. The first-order chi connectivity index (χ1) is 5.11. The van der Waals surface area contributed by atoms with E-state index in [-0.39, 0.29) is 5.57 Å². The van der Waals surface area contributed by atoms with Crippen LogP contribution in [0, 0.1) is 0 Å². The minimum absolute atomic E-state index is 0.117. The molecule has 0 aromatic heterocycles. The number of allylic oxidation sites excluding steroid dienone is 5. The first-order valence-corrected chi connectivity index (χ1v) is 3.33. The lowest BCUT2D eigenvalue weighted by atomic mass is 10.2. The van der Waals surface area contributed by atoms with Gasteiger partial charge < -0.3 is 0 Å². The van der Waals surface area contributed by atoms with E-state index in [1.165, 1.54) is 19.1 Å². The molecule has 0 fully saturated rings. The number of halogens is 2. The molecule has 0 aromatic carbocycles. The van der Waals surface area contributed by atoms with Crippen LogP contribution in [-0.2, 0) is 0 Å². The van der Waals surface area contributed by atoms with Crippen LogP contribution in [-0.4, -0.2) is 6.67 Å². The molecule has 0 radical (unpaired) electrons. The van der Waals surface area contributed by atoms with Gasteiger partial charge in [-0.25, -0.2) is 8.78 Å². The third kappa shape index (κ3) is 3.71. The van der Waals surface area contributed by atoms with Crippen LogP contribution in [0.1, 0.15) is 13.8 Å². The highest BCUT2D eigenvalue weighted by Gasteiger charge is 1.96. The molecule has 11 heavy (non-hydrogen) atoms. The van der Waals surface area contributed by atoms with Gasteiger partial charge >= 0.3 is 0 Å². The van der Waals surface area contributed by atoms with Gasteiger partial charge in [0.05, 0.1) is 0 Å². The zero-order valence-corrected chi connectivity index (χ0v) is 6.82. The Morgan fingerprint density at radius 3 is 2.36 bits per heavy atom. The Bertz CT molecular complexity index is 200. The predicted molar refractivity (Wildman–Crippen MR) is 43.7 cm³/mol. The molecule has 0 unspecified atom stereocenters. The van der Waals surface area contributed by atoms with Gasteiger partial charge in [-0.2, -0.15) is 0 Å². The van der Waals surface area contributed by atoms with Crippen molar-refractivity contribution in [2.24, 2.45) is 0 Å². The maximum Gasteiger partial charge on any atom is 0.124 e. The van der Waals surface area contributed by atoms with Crippen molar-refractivity contribution in [1.29, 1.82) is 0 Å². The molecular weight excluding hydrogens is 146 g/mol. The van der Waals surface area contributed by atoms with Gasteiger partial charge in [-0.15, -0.1) is 0 Å². The van der Waals surface area contributed by atoms with Crippen molar-refractivity contribution in [2.75, 3.05) is 6.67 Å². The fourth-order valence-corrected chi connectivity index (χ4v) is 0.446. The summed E-state index contributed by atoms with van der Waals surface area (Å²) in [6.07, 6.45) is 2.78. The average Bonchev–Trinajstić information content (AvgIpc) is 2.02. The quantitative estimate of drug-likeness (QED) is 0.552. The highest BCUT2D eigenvalue weighted by atomic mass is 19.1. The molecule has 0 saturated carbocycles. The second kappa shape index (κ2) is 4.83. The minimum atomic E-state index is -0.743. The van der Waals surface area contributed by atoms with Crippen LogP contribution in [0.2, 0.25) is 0 Å². The summed E-state index contributed by atoms with van der Waals surface area (Å²) in [6.45, 7) is 5.83. The van der Waals surface area contributed by atoms with Crippen LogP contribution in [0.25, 0.3) is 0 Å². The lowest BCUT2D eigenvalue weighted by Gasteiger charge is -1.94. The second-order valence-corrected chi connectivity index (χ2v) is 2.35. The fourth-order valence-electron chi connectivity index (χ4n) is 0.446. The van der Waals surface area contributed by atoms with E-state index in [0.717, 1.165) is 0 Å². The third-order valence-corrected chi connectivity index (χ3v) is 1.28. The summed E-state index contributed by atoms with van der Waals surface area (Å²) in [6, 6.07) is 0. The van der Waals surface area contributed by atoms with E-state index in [0.29, 0.717) is 5.57 Å². The van der Waals surface area contributed by atoms with E-state index in [1.807, 2.05) is 0 Å². The lowest BCUT2D eigenvalue weighted by Crippen LogP contribution is -1.82. The molecule has 0 aliphatic rings. The van der Waals surface area contributed by atoms with Crippen LogP contribution in [0.4, 0.5) is 8.78 Å². The van der Waals surface area contributed by atoms with Gasteiger partial charge in [0, 0.05) is 0 Å². The summed E-state index contributed by atoms with van der Waals surface area (Å²) in [4.78, 5) is 0. The normalized spacial score (nSPS) is 14.4. The lowest BCUT2D eigenvalue weighted by molar-refractivity contribution is 0.525. The Balaban J connectivity index is 4.49. The van der Waals surface area contributed by atoms with Crippen molar-refractivity contribution in [3.05, 3.63) is 35.7 Å². The predicted octanol–water partition coefficient (Wildman–Crippen LogP) is 3.33.